The lowest BCUT2D eigenvalue weighted by Crippen LogP contribution is -2.32. The third-order valence-corrected chi connectivity index (χ3v) is 2.52. The molecule has 18 heavy (non-hydrogen) atoms. The molecule has 0 fully saturated rings. The maximum atomic E-state index is 12.2. The molecule has 0 saturated carbocycles. The fourth-order valence-electron chi connectivity index (χ4n) is 1.54. The maximum absolute atomic E-state index is 12.2. The average molecular weight is 250 g/mol. The minimum absolute atomic E-state index is 0.139. The SMILES string of the molecule is C=CCN(CCC)C(=O)c1n[nH]c(C(C)(C)C)n1. The Morgan fingerprint density at radius 1 is 1.50 bits per heavy atom. The molecule has 1 amide bonds. The summed E-state index contributed by atoms with van der Waals surface area (Å²) in [6.45, 7) is 13.0. The summed E-state index contributed by atoms with van der Waals surface area (Å²) in [6, 6.07) is 0. The van der Waals surface area contributed by atoms with Crippen LogP contribution >= 0.6 is 0 Å². The number of aromatic amines is 1. The lowest BCUT2D eigenvalue weighted by Gasteiger charge is -2.18. The second-order valence-electron chi connectivity index (χ2n) is 5.30. The summed E-state index contributed by atoms with van der Waals surface area (Å²) in [4.78, 5) is 18.2. The third-order valence-electron chi connectivity index (χ3n) is 2.52. The van der Waals surface area contributed by atoms with E-state index in [2.05, 4.69) is 21.8 Å². The first-order chi connectivity index (χ1) is 8.40. The topological polar surface area (TPSA) is 61.9 Å². The van der Waals surface area contributed by atoms with Crippen molar-refractivity contribution in [3.05, 3.63) is 24.3 Å². The van der Waals surface area contributed by atoms with E-state index < -0.39 is 0 Å². The minimum Gasteiger partial charge on any atom is -0.332 e. The van der Waals surface area contributed by atoms with Crippen LogP contribution in [0, 0.1) is 0 Å². The summed E-state index contributed by atoms with van der Waals surface area (Å²) in [7, 11) is 0. The molecule has 1 N–H and O–H groups in total. The first-order valence-electron chi connectivity index (χ1n) is 6.23. The maximum Gasteiger partial charge on any atom is 0.293 e. The fourth-order valence-corrected chi connectivity index (χ4v) is 1.54. The van der Waals surface area contributed by atoms with Gasteiger partial charge in [-0.15, -0.1) is 11.7 Å². The van der Waals surface area contributed by atoms with Gasteiger partial charge in [-0.25, -0.2) is 4.98 Å². The molecule has 5 heteroatoms. The molecule has 0 spiro atoms. The Hall–Kier alpha value is -1.65. The van der Waals surface area contributed by atoms with Crippen molar-refractivity contribution in [3.63, 3.8) is 0 Å². The second kappa shape index (κ2) is 5.80. The highest BCUT2D eigenvalue weighted by molar-refractivity contribution is 5.90. The number of carbonyl (C=O) groups is 1. The highest BCUT2D eigenvalue weighted by atomic mass is 16.2. The van der Waals surface area contributed by atoms with E-state index in [1.807, 2.05) is 27.7 Å². The number of nitrogens with zero attached hydrogens (tertiary/aromatic N) is 3. The van der Waals surface area contributed by atoms with Crippen molar-refractivity contribution >= 4 is 5.91 Å². The van der Waals surface area contributed by atoms with Crippen molar-refractivity contribution in [2.75, 3.05) is 13.1 Å². The molecule has 1 aromatic heterocycles. The van der Waals surface area contributed by atoms with Gasteiger partial charge in [0, 0.05) is 18.5 Å². The van der Waals surface area contributed by atoms with Crippen LogP contribution in [0.1, 0.15) is 50.6 Å². The van der Waals surface area contributed by atoms with E-state index in [4.69, 9.17) is 0 Å². The first-order valence-corrected chi connectivity index (χ1v) is 6.23. The van der Waals surface area contributed by atoms with Gasteiger partial charge >= 0.3 is 0 Å². The molecular weight excluding hydrogens is 228 g/mol. The quantitative estimate of drug-likeness (QED) is 0.814. The van der Waals surface area contributed by atoms with Crippen molar-refractivity contribution < 1.29 is 4.79 Å². The Bertz CT molecular complexity index is 417. The molecule has 1 aromatic rings. The second-order valence-corrected chi connectivity index (χ2v) is 5.30. The smallest absolute Gasteiger partial charge is 0.293 e. The molecule has 0 radical (unpaired) electrons. The summed E-state index contributed by atoms with van der Waals surface area (Å²) in [6.07, 6.45) is 2.61. The first kappa shape index (κ1) is 14.4. The van der Waals surface area contributed by atoms with Crippen LogP contribution in [0.2, 0.25) is 0 Å². The third kappa shape index (κ3) is 3.42. The predicted octanol–water partition coefficient (Wildman–Crippen LogP) is 2.14. The number of rotatable bonds is 5. The van der Waals surface area contributed by atoms with E-state index in [1.54, 1.807) is 11.0 Å². The number of amides is 1. The predicted molar refractivity (Wildman–Crippen MR) is 71.5 cm³/mol. The van der Waals surface area contributed by atoms with E-state index in [0.29, 0.717) is 13.1 Å². The Balaban J connectivity index is 2.88. The van der Waals surface area contributed by atoms with Crippen molar-refractivity contribution in [2.45, 2.75) is 39.5 Å². The van der Waals surface area contributed by atoms with Crippen molar-refractivity contribution in [2.24, 2.45) is 0 Å². The summed E-state index contributed by atoms with van der Waals surface area (Å²) < 4.78 is 0. The molecule has 5 nitrogen and oxygen atoms in total. The van der Waals surface area contributed by atoms with Crippen molar-refractivity contribution in [3.8, 4) is 0 Å². The molecular formula is C13H22N4O. The van der Waals surface area contributed by atoms with E-state index in [1.165, 1.54) is 0 Å². The zero-order valence-electron chi connectivity index (χ0n) is 11.7. The van der Waals surface area contributed by atoms with Crippen molar-refractivity contribution in [1.29, 1.82) is 0 Å². The van der Waals surface area contributed by atoms with Gasteiger partial charge in [-0.1, -0.05) is 33.8 Å². The molecule has 0 aliphatic heterocycles. The Morgan fingerprint density at radius 3 is 2.61 bits per heavy atom. The van der Waals surface area contributed by atoms with Crippen LogP contribution in [0.25, 0.3) is 0 Å². The molecule has 0 unspecified atom stereocenters. The zero-order valence-corrected chi connectivity index (χ0v) is 11.7. The molecule has 0 bridgehead atoms. The van der Waals surface area contributed by atoms with Crippen LogP contribution in [0.15, 0.2) is 12.7 Å². The van der Waals surface area contributed by atoms with Gasteiger partial charge in [-0.3, -0.25) is 9.89 Å². The van der Waals surface area contributed by atoms with Crippen LogP contribution in [-0.4, -0.2) is 39.1 Å². The van der Waals surface area contributed by atoms with E-state index >= 15 is 0 Å². The van der Waals surface area contributed by atoms with Crippen LogP contribution in [-0.2, 0) is 5.41 Å². The minimum atomic E-state index is -0.150. The Labute approximate surface area is 108 Å². The molecule has 1 rings (SSSR count). The van der Waals surface area contributed by atoms with Crippen LogP contribution in [0.3, 0.4) is 0 Å². The Morgan fingerprint density at radius 2 is 2.17 bits per heavy atom. The van der Waals surface area contributed by atoms with E-state index in [-0.39, 0.29) is 17.1 Å². The Kier molecular flexibility index (Phi) is 4.64. The highest BCUT2D eigenvalue weighted by Crippen LogP contribution is 2.17. The number of nitrogens with one attached hydrogen (secondary N) is 1. The van der Waals surface area contributed by atoms with Crippen LogP contribution < -0.4 is 0 Å². The number of carbonyl (C=O) groups excluding carboxylic acids is 1. The molecule has 1 heterocycles. The van der Waals surface area contributed by atoms with E-state index in [9.17, 15) is 4.79 Å². The number of hydrogen-bond donors (Lipinski definition) is 1. The fraction of sp³-hybridized carbons (Fsp3) is 0.615. The van der Waals surface area contributed by atoms with Gasteiger partial charge in [0.15, 0.2) is 0 Å². The standard InChI is InChI=1S/C13H22N4O/c1-6-8-17(9-7-2)11(18)10-14-12(16-15-10)13(3,4)5/h6H,1,7-9H2,2-5H3,(H,14,15,16). The highest BCUT2D eigenvalue weighted by Gasteiger charge is 2.23. The van der Waals surface area contributed by atoms with Gasteiger partial charge in [-0.2, -0.15) is 0 Å². The number of H-pyrrole nitrogens is 1. The van der Waals surface area contributed by atoms with Crippen LogP contribution in [0.4, 0.5) is 0 Å². The monoisotopic (exact) mass is 250 g/mol. The summed E-state index contributed by atoms with van der Waals surface area (Å²) >= 11 is 0. The molecule has 0 aromatic carbocycles. The molecule has 100 valence electrons. The molecule has 0 aliphatic carbocycles. The number of hydrogen-bond acceptors (Lipinski definition) is 3. The van der Waals surface area contributed by atoms with E-state index in [0.717, 1.165) is 12.2 Å². The van der Waals surface area contributed by atoms with Gasteiger partial charge in [0.1, 0.15) is 5.82 Å². The summed E-state index contributed by atoms with van der Waals surface area (Å²) in [5.41, 5.74) is -0.139. The summed E-state index contributed by atoms with van der Waals surface area (Å²) in [5.74, 6) is 0.805. The average Bonchev–Trinajstić information content (AvgIpc) is 2.76. The van der Waals surface area contributed by atoms with Gasteiger partial charge in [-0.05, 0) is 6.42 Å². The largest absolute Gasteiger partial charge is 0.332 e. The molecule has 0 saturated heterocycles. The van der Waals surface area contributed by atoms with Gasteiger partial charge in [0.25, 0.3) is 5.91 Å². The zero-order chi connectivity index (χ0) is 13.8. The van der Waals surface area contributed by atoms with Gasteiger partial charge < -0.3 is 4.90 Å². The van der Waals surface area contributed by atoms with Crippen molar-refractivity contribution in [1.82, 2.24) is 20.1 Å². The van der Waals surface area contributed by atoms with Crippen LogP contribution in [0.5, 0.6) is 0 Å². The van der Waals surface area contributed by atoms with Gasteiger partial charge in [0.2, 0.25) is 5.82 Å². The summed E-state index contributed by atoms with van der Waals surface area (Å²) in [5, 5.41) is 6.84. The van der Waals surface area contributed by atoms with Gasteiger partial charge in [0.05, 0.1) is 0 Å². The normalized spacial score (nSPS) is 11.3. The lowest BCUT2D eigenvalue weighted by atomic mass is 9.96. The number of aromatic nitrogens is 3. The molecule has 0 atom stereocenters. The molecule has 0 aliphatic rings. The lowest BCUT2D eigenvalue weighted by molar-refractivity contribution is 0.0762.